The Bertz CT molecular complexity index is 302. The lowest BCUT2D eigenvalue weighted by Crippen LogP contribution is -2.01. The molecular weight excluding hydrogens is 224 g/mol. The van der Waals surface area contributed by atoms with Gasteiger partial charge in [0.2, 0.25) is 0 Å². The first-order chi connectivity index (χ1) is 7.90. The van der Waals surface area contributed by atoms with Crippen molar-refractivity contribution in [1.29, 1.82) is 0 Å². The Hall–Kier alpha value is -1.62. The normalized spacial score (nSPS) is 11.4. The van der Waals surface area contributed by atoms with Gasteiger partial charge in [-0.05, 0) is 26.7 Å². The van der Waals surface area contributed by atoms with Crippen LogP contribution in [0.3, 0.4) is 0 Å². The van der Waals surface area contributed by atoms with Gasteiger partial charge in [0.1, 0.15) is 0 Å². The molecule has 0 aromatic heterocycles. The Morgan fingerprint density at radius 2 is 1.47 bits per heavy atom. The van der Waals surface area contributed by atoms with E-state index in [0.29, 0.717) is 11.1 Å². The molecule has 0 saturated carbocycles. The van der Waals surface area contributed by atoms with Crippen molar-refractivity contribution in [3.05, 3.63) is 23.3 Å². The Morgan fingerprint density at radius 3 is 1.71 bits per heavy atom. The molecule has 0 radical (unpaired) electrons. The van der Waals surface area contributed by atoms with Gasteiger partial charge in [0.05, 0.1) is 0 Å². The molecule has 0 aromatic carbocycles. The van der Waals surface area contributed by atoms with E-state index in [2.05, 4.69) is 4.89 Å². The maximum absolute atomic E-state index is 10.4. The van der Waals surface area contributed by atoms with Crippen LogP contribution in [0.25, 0.3) is 0 Å². The first kappa shape index (κ1) is 17.8. The van der Waals surface area contributed by atoms with E-state index >= 15 is 0 Å². The summed E-state index contributed by atoms with van der Waals surface area (Å²) in [6.45, 7) is 6.98. The fourth-order valence-corrected chi connectivity index (χ4v) is 0.855. The van der Waals surface area contributed by atoms with E-state index in [1.807, 2.05) is 13.8 Å². The number of aliphatic carboxylic acids is 1. The molecule has 17 heavy (non-hydrogen) atoms. The first-order valence-corrected chi connectivity index (χ1v) is 5.33. The zero-order valence-electron chi connectivity index (χ0n) is 10.7. The zero-order valence-corrected chi connectivity index (χ0v) is 10.7. The van der Waals surface area contributed by atoms with Crippen molar-refractivity contribution >= 4 is 11.9 Å². The van der Waals surface area contributed by atoms with Gasteiger partial charge in [-0.1, -0.05) is 26.0 Å². The highest BCUT2D eigenvalue weighted by Crippen LogP contribution is 1.96. The van der Waals surface area contributed by atoms with Crippen molar-refractivity contribution in [2.24, 2.45) is 0 Å². The zero-order chi connectivity index (χ0) is 13.8. The predicted octanol–water partition coefficient (Wildman–Crippen LogP) is 2.79. The van der Waals surface area contributed by atoms with Crippen molar-refractivity contribution in [3.63, 3.8) is 0 Å². The van der Waals surface area contributed by atoms with Gasteiger partial charge < -0.3 is 5.11 Å². The lowest BCUT2D eigenvalue weighted by atomic mass is 10.2. The molecule has 0 aliphatic rings. The standard InChI is InChI=1S/C6H10O3.C6H10O2/c1-3-4-5(2)6(7)9-8;1-3-4-5(2)6(7)8/h4,8H,3H2,1-2H3;4H,3H2,1-2H3,(H,7,8). The smallest absolute Gasteiger partial charge is 0.368 e. The third-order valence-electron chi connectivity index (χ3n) is 1.76. The summed E-state index contributed by atoms with van der Waals surface area (Å²) in [6, 6.07) is 0. The first-order valence-electron chi connectivity index (χ1n) is 5.33. The van der Waals surface area contributed by atoms with Gasteiger partial charge in [-0.15, -0.1) is 0 Å². The lowest BCUT2D eigenvalue weighted by molar-refractivity contribution is -0.229. The summed E-state index contributed by atoms with van der Waals surface area (Å²) in [5.74, 6) is -1.51. The molecule has 0 unspecified atom stereocenters. The Labute approximate surface area is 101 Å². The van der Waals surface area contributed by atoms with Crippen LogP contribution in [0.4, 0.5) is 0 Å². The summed E-state index contributed by atoms with van der Waals surface area (Å²) in [7, 11) is 0. The van der Waals surface area contributed by atoms with Crippen LogP contribution < -0.4 is 0 Å². The summed E-state index contributed by atoms with van der Waals surface area (Å²) in [4.78, 5) is 23.8. The number of carbonyl (C=O) groups excluding carboxylic acids is 1. The molecule has 0 heterocycles. The molecule has 0 bridgehead atoms. The van der Waals surface area contributed by atoms with Crippen LogP contribution in [-0.2, 0) is 14.5 Å². The van der Waals surface area contributed by atoms with Crippen molar-refractivity contribution in [2.75, 3.05) is 0 Å². The molecular formula is C12H20O5. The maximum atomic E-state index is 10.4. The van der Waals surface area contributed by atoms with Gasteiger partial charge in [0, 0.05) is 11.1 Å². The van der Waals surface area contributed by atoms with Gasteiger partial charge in [0.15, 0.2) is 0 Å². The minimum Gasteiger partial charge on any atom is -0.478 e. The van der Waals surface area contributed by atoms with Crippen LogP contribution in [-0.4, -0.2) is 22.3 Å². The number of carbonyl (C=O) groups is 2. The van der Waals surface area contributed by atoms with Gasteiger partial charge in [-0.3, -0.25) is 4.89 Å². The van der Waals surface area contributed by atoms with Gasteiger partial charge in [0.25, 0.3) is 0 Å². The quantitative estimate of drug-likeness (QED) is 0.451. The molecule has 5 heteroatoms. The SMILES string of the molecule is CCC=C(C)C(=O)O.CCC=C(C)C(=O)OO. The largest absolute Gasteiger partial charge is 0.478 e. The van der Waals surface area contributed by atoms with Crippen LogP contribution in [0.1, 0.15) is 40.5 Å². The summed E-state index contributed by atoms with van der Waals surface area (Å²) in [5.41, 5.74) is 0.854. The third-order valence-corrected chi connectivity index (χ3v) is 1.76. The van der Waals surface area contributed by atoms with E-state index in [1.165, 1.54) is 0 Å². The van der Waals surface area contributed by atoms with Crippen LogP contribution in [0.2, 0.25) is 0 Å². The molecule has 98 valence electrons. The molecule has 2 N–H and O–H groups in total. The van der Waals surface area contributed by atoms with Crippen molar-refractivity contribution in [2.45, 2.75) is 40.5 Å². The predicted molar refractivity (Wildman–Crippen MR) is 64.5 cm³/mol. The van der Waals surface area contributed by atoms with E-state index in [1.54, 1.807) is 26.0 Å². The number of carboxylic acids is 1. The lowest BCUT2D eigenvalue weighted by Gasteiger charge is -1.92. The monoisotopic (exact) mass is 244 g/mol. The Morgan fingerprint density at radius 1 is 1.06 bits per heavy atom. The fourth-order valence-electron chi connectivity index (χ4n) is 0.855. The van der Waals surface area contributed by atoms with E-state index in [9.17, 15) is 9.59 Å². The molecule has 0 amide bonds. The number of hydrogen-bond donors (Lipinski definition) is 2. The Balaban J connectivity index is 0. The van der Waals surface area contributed by atoms with Crippen molar-refractivity contribution in [3.8, 4) is 0 Å². The third kappa shape index (κ3) is 10.7. The molecule has 0 saturated heterocycles. The number of hydrogen-bond acceptors (Lipinski definition) is 4. The molecule has 0 aliphatic heterocycles. The minimum absolute atomic E-state index is 0.424. The molecule has 0 aliphatic carbocycles. The number of rotatable bonds is 4. The van der Waals surface area contributed by atoms with E-state index in [4.69, 9.17) is 10.4 Å². The summed E-state index contributed by atoms with van der Waals surface area (Å²) < 4.78 is 0. The second-order valence-corrected chi connectivity index (χ2v) is 3.27. The topological polar surface area (TPSA) is 83.8 Å². The molecule has 0 spiro atoms. The van der Waals surface area contributed by atoms with Crippen molar-refractivity contribution < 1.29 is 24.8 Å². The molecule has 0 fully saturated rings. The second-order valence-electron chi connectivity index (χ2n) is 3.27. The van der Waals surface area contributed by atoms with Crippen LogP contribution >= 0.6 is 0 Å². The van der Waals surface area contributed by atoms with Crippen molar-refractivity contribution in [1.82, 2.24) is 0 Å². The van der Waals surface area contributed by atoms with E-state index in [-0.39, 0.29) is 0 Å². The van der Waals surface area contributed by atoms with Crippen LogP contribution in [0.5, 0.6) is 0 Å². The second kappa shape index (κ2) is 10.9. The highest BCUT2D eigenvalue weighted by molar-refractivity contribution is 5.87. The number of carboxylic acid groups (broad SMARTS) is 1. The fraction of sp³-hybridized carbons (Fsp3) is 0.500. The highest BCUT2D eigenvalue weighted by Gasteiger charge is 2.01. The number of allylic oxidation sites excluding steroid dienone is 2. The van der Waals surface area contributed by atoms with Gasteiger partial charge in [-0.25, -0.2) is 9.59 Å². The summed E-state index contributed by atoms with van der Waals surface area (Å²) in [5, 5.41) is 16.1. The summed E-state index contributed by atoms with van der Waals surface area (Å²) in [6.07, 6.45) is 4.92. The molecule has 0 rings (SSSR count). The van der Waals surface area contributed by atoms with E-state index < -0.39 is 11.9 Å². The van der Waals surface area contributed by atoms with Gasteiger partial charge >= 0.3 is 11.9 Å². The Kier molecular flexibility index (Phi) is 11.4. The van der Waals surface area contributed by atoms with E-state index in [0.717, 1.165) is 12.8 Å². The average Bonchev–Trinajstić information content (AvgIpc) is 2.29. The van der Waals surface area contributed by atoms with Gasteiger partial charge in [-0.2, -0.15) is 5.26 Å². The highest BCUT2D eigenvalue weighted by atomic mass is 17.1. The minimum atomic E-state index is -0.827. The summed E-state index contributed by atoms with van der Waals surface area (Å²) >= 11 is 0. The molecule has 0 atom stereocenters. The maximum Gasteiger partial charge on any atom is 0.368 e. The molecule has 5 nitrogen and oxygen atoms in total. The van der Waals surface area contributed by atoms with Crippen LogP contribution in [0.15, 0.2) is 23.3 Å². The van der Waals surface area contributed by atoms with Crippen LogP contribution in [0, 0.1) is 0 Å². The average molecular weight is 244 g/mol. The molecule has 0 aromatic rings.